The fourth-order valence-electron chi connectivity index (χ4n) is 0.953. The lowest BCUT2D eigenvalue weighted by Gasteiger charge is -2.19. The molecule has 0 amide bonds. The molecule has 0 bridgehead atoms. The number of nitrogens with zero attached hydrogens (tertiary/aromatic N) is 4. The number of anilines is 1. The molecule has 0 saturated heterocycles. The van der Waals surface area contributed by atoms with E-state index in [9.17, 15) is 0 Å². The fourth-order valence-corrected chi connectivity index (χ4v) is 0.953. The Morgan fingerprint density at radius 1 is 1.20 bits per heavy atom. The molecule has 1 rings (SSSR count). The Bertz CT molecular complexity index is 324. The molecule has 0 aliphatic heterocycles. The average Bonchev–Trinajstić information content (AvgIpc) is 2.19. The number of likely N-dealkylation sites (N-methyl/N-ethyl adjacent to an activating group) is 1. The van der Waals surface area contributed by atoms with E-state index in [1.54, 1.807) is 0 Å². The third-order valence-electron chi connectivity index (χ3n) is 2.53. The molecule has 5 nitrogen and oxygen atoms in total. The second kappa shape index (κ2) is 5.02. The van der Waals surface area contributed by atoms with E-state index < -0.39 is 0 Å². The van der Waals surface area contributed by atoms with Crippen molar-refractivity contribution in [1.82, 2.24) is 20.1 Å². The van der Waals surface area contributed by atoms with Gasteiger partial charge in [-0.2, -0.15) is 5.10 Å². The van der Waals surface area contributed by atoms with Crippen LogP contribution >= 0.6 is 0 Å². The summed E-state index contributed by atoms with van der Waals surface area (Å²) in [7, 11) is 4.09. The van der Waals surface area contributed by atoms with E-state index >= 15 is 0 Å². The van der Waals surface area contributed by atoms with Crippen LogP contribution in [0.3, 0.4) is 0 Å². The van der Waals surface area contributed by atoms with Gasteiger partial charge >= 0.3 is 0 Å². The van der Waals surface area contributed by atoms with Gasteiger partial charge in [0.25, 0.3) is 0 Å². The van der Waals surface area contributed by atoms with Gasteiger partial charge in [0, 0.05) is 12.6 Å². The van der Waals surface area contributed by atoms with Gasteiger partial charge in [0.15, 0.2) is 0 Å². The molecule has 0 radical (unpaired) electrons. The molecular formula is C10H19N5. The van der Waals surface area contributed by atoms with Gasteiger partial charge in [-0.1, -0.05) is 0 Å². The monoisotopic (exact) mass is 209 g/mol. The van der Waals surface area contributed by atoms with Crippen LogP contribution in [-0.2, 0) is 0 Å². The van der Waals surface area contributed by atoms with Crippen molar-refractivity contribution in [3.05, 3.63) is 11.4 Å². The molecule has 0 saturated carbocycles. The molecule has 0 spiro atoms. The third-order valence-corrected chi connectivity index (χ3v) is 2.53. The van der Waals surface area contributed by atoms with Crippen molar-refractivity contribution in [3.8, 4) is 0 Å². The number of rotatable bonds is 4. The molecule has 84 valence electrons. The summed E-state index contributed by atoms with van der Waals surface area (Å²) in [6.45, 7) is 6.80. The molecular weight excluding hydrogens is 190 g/mol. The van der Waals surface area contributed by atoms with E-state index in [0.717, 1.165) is 17.9 Å². The van der Waals surface area contributed by atoms with Crippen LogP contribution < -0.4 is 5.32 Å². The highest BCUT2D eigenvalue weighted by Gasteiger charge is 2.06. The van der Waals surface area contributed by atoms with E-state index in [0.29, 0.717) is 12.0 Å². The second-order valence-corrected chi connectivity index (χ2v) is 4.00. The van der Waals surface area contributed by atoms with Crippen LogP contribution in [0.4, 0.5) is 5.95 Å². The molecule has 1 unspecified atom stereocenters. The van der Waals surface area contributed by atoms with Crippen LogP contribution in [0, 0.1) is 13.8 Å². The van der Waals surface area contributed by atoms with Crippen molar-refractivity contribution in [3.63, 3.8) is 0 Å². The maximum atomic E-state index is 4.30. The first-order valence-electron chi connectivity index (χ1n) is 5.09. The maximum Gasteiger partial charge on any atom is 0.243 e. The molecule has 0 fully saturated rings. The zero-order valence-electron chi connectivity index (χ0n) is 10.1. The Morgan fingerprint density at radius 2 is 1.87 bits per heavy atom. The molecule has 1 atom stereocenters. The number of aryl methyl sites for hydroxylation is 2. The first kappa shape index (κ1) is 11.8. The summed E-state index contributed by atoms with van der Waals surface area (Å²) in [6.07, 6.45) is 0. The summed E-state index contributed by atoms with van der Waals surface area (Å²) >= 11 is 0. The van der Waals surface area contributed by atoms with E-state index in [4.69, 9.17) is 0 Å². The Balaban J connectivity index is 2.55. The first-order chi connectivity index (χ1) is 7.00. The standard InChI is InChI=1S/C10H19N5/c1-7(15(4)5)6-11-10-12-8(2)9(3)13-14-10/h7H,6H2,1-5H3,(H,11,12,14). The van der Waals surface area contributed by atoms with Gasteiger partial charge < -0.3 is 10.2 Å². The van der Waals surface area contributed by atoms with Gasteiger partial charge in [0.05, 0.1) is 11.4 Å². The summed E-state index contributed by atoms with van der Waals surface area (Å²) in [5, 5.41) is 11.2. The number of hydrogen-bond acceptors (Lipinski definition) is 5. The van der Waals surface area contributed by atoms with Crippen molar-refractivity contribution >= 4 is 5.95 Å². The third kappa shape index (κ3) is 3.43. The van der Waals surface area contributed by atoms with E-state index in [2.05, 4.69) is 32.3 Å². The predicted molar refractivity (Wildman–Crippen MR) is 60.9 cm³/mol. The fraction of sp³-hybridized carbons (Fsp3) is 0.700. The summed E-state index contributed by atoms with van der Waals surface area (Å²) < 4.78 is 0. The van der Waals surface area contributed by atoms with Crippen LogP contribution in [0.1, 0.15) is 18.3 Å². The topological polar surface area (TPSA) is 53.9 Å². The van der Waals surface area contributed by atoms with Gasteiger partial charge in [0.1, 0.15) is 0 Å². The van der Waals surface area contributed by atoms with Gasteiger partial charge in [-0.25, -0.2) is 4.98 Å². The number of nitrogens with one attached hydrogen (secondary N) is 1. The minimum absolute atomic E-state index is 0.440. The van der Waals surface area contributed by atoms with Crippen molar-refractivity contribution in [1.29, 1.82) is 0 Å². The zero-order chi connectivity index (χ0) is 11.4. The minimum Gasteiger partial charge on any atom is -0.351 e. The molecule has 1 heterocycles. The van der Waals surface area contributed by atoms with Crippen LogP contribution in [0.2, 0.25) is 0 Å². The molecule has 0 aliphatic carbocycles. The predicted octanol–water partition coefficient (Wildman–Crippen LogP) is 0.850. The molecule has 15 heavy (non-hydrogen) atoms. The molecule has 0 aliphatic rings. The summed E-state index contributed by atoms with van der Waals surface area (Å²) in [5.74, 6) is 0.604. The molecule has 1 N–H and O–H groups in total. The van der Waals surface area contributed by atoms with Gasteiger partial charge in [-0.05, 0) is 34.9 Å². The van der Waals surface area contributed by atoms with Gasteiger partial charge in [0.2, 0.25) is 5.95 Å². The Hall–Kier alpha value is -1.23. The maximum absolute atomic E-state index is 4.30. The highest BCUT2D eigenvalue weighted by molar-refractivity contribution is 5.24. The Labute approximate surface area is 90.9 Å². The largest absolute Gasteiger partial charge is 0.351 e. The average molecular weight is 209 g/mol. The normalized spacial score (nSPS) is 12.9. The number of hydrogen-bond donors (Lipinski definition) is 1. The van der Waals surface area contributed by atoms with Crippen LogP contribution in [0.15, 0.2) is 0 Å². The lowest BCUT2D eigenvalue weighted by molar-refractivity contribution is 0.325. The van der Waals surface area contributed by atoms with Crippen LogP contribution in [-0.4, -0.2) is 46.8 Å². The van der Waals surface area contributed by atoms with Crippen molar-refractivity contribution < 1.29 is 0 Å². The molecule has 1 aromatic heterocycles. The van der Waals surface area contributed by atoms with Crippen LogP contribution in [0.25, 0.3) is 0 Å². The smallest absolute Gasteiger partial charge is 0.243 e. The van der Waals surface area contributed by atoms with Gasteiger partial charge in [-0.3, -0.25) is 0 Å². The quantitative estimate of drug-likeness (QED) is 0.796. The summed E-state index contributed by atoms with van der Waals surface area (Å²) in [5.41, 5.74) is 1.80. The summed E-state index contributed by atoms with van der Waals surface area (Å²) in [6, 6.07) is 0.440. The number of aromatic nitrogens is 3. The summed E-state index contributed by atoms with van der Waals surface area (Å²) in [4.78, 5) is 6.44. The molecule has 1 aromatic rings. The van der Waals surface area contributed by atoms with E-state index in [1.165, 1.54) is 0 Å². The van der Waals surface area contributed by atoms with Crippen molar-refractivity contribution in [2.24, 2.45) is 0 Å². The van der Waals surface area contributed by atoms with Crippen LogP contribution in [0.5, 0.6) is 0 Å². The highest BCUT2D eigenvalue weighted by atomic mass is 15.2. The highest BCUT2D eigenvalue weighted by Crippen LogP contribution is 2.02. The molecule has 0 aromatic carbocycles. The Kier molecular flexibility index (Phi) is 3.96. The SMILES string of the molecule is Cc1nnc(NCC(C)N(C)C)nc1C. The second-order valence-electron chi connectivity index (χ2n) is 4.00. The lowest BCUT2D eigenvalue weighted by atomic mass is 10.3. The molecule has 5 heteroatoms. The van der Waals surface area contributed by atoms with E-state index in [1.807, 2.05) is 27.9 Å². The lowest BCUT2D eigenvalue weighted by Crippen LogP contribution is -2.32. The first-order valence-corrected chi connectivity index (χ1v) is 5.09. The van der Waals surface area contributed by atoms with Gasteiger partial charge in [-0.15, -0.1) is 5.10 Å². The van der Waals surface area contributed by atoms with Crippen molar-refractivity contribution in [2.75, 3.05) is 26.0 Å². The minimum atomic E-state index is 0.440. The zero-order valence-corrected chi connectivity index (χ0v) is 10.1. The van der Waals surface area contributed by atoms with Crippen molar-refractivity contribution in [2.45, 2.75) is 26.8 Å². The Morgan fingerprint density at radius 3 is 2.40 bits per heavy atom. The van der Waals surface area contributed by atoms with E-state index in [-0.39, 0.29) is 0 Å².